The van der Waals surface area contributed by atoms with Gasteiger partial charge in [-0.15, -0.1) is 0 Å². The fourth-order valence-corrected chi connectivity index (χ4v) is 1.62. The largest absolute Gasteiger partial charge is 0.478 e. The first-order valence-electron chi connectivity index (χ1n) is 6.75. The summed E-state index contributed by atoms with van der Waals surface area (Å²) in [5, 5.41) is 11.8. The summed E-state index contributed by atoms with van der Waals surface area (Å²) in [5.41, 5.74) is 1.05. The van der Waals surface area contributed by atoms with E-state index in [-0.39, 0.29) is 6.61 Å². The Bertz CT molecular complexity index is 416. The summed E-state index contributed by atoms with van der Waals surface area (Å²) >= 11 is 0. The van der Waals surface area contributed by atoms with Gasteiger partial charge in [0.1, 0.15) is 11.8 Å². The van der Waals surface area contributed by atoms with Crippen LogP contribution in [0.5, 0.6) is 5.75 Å². The molecule has 0 radical (unpaired) electrons. The SMILES string of the molecule is CN(C)CCOCCNCc1ccccc1OCC#N. The standard InChI is InChI=1S/C15H23N3O2/c1-18(2)9-12-19-11-8-17-13-14-5-3-4-6-15(14)20-10-7-16/h3-6,17H,8-13H2,1-2H3. The van der Waals surface area contributed by atoms with Crippen LogP contribution in [0.3, 0.4) is 0 Å². The van der Waals surface area contributed by atoms with E-state index in [1.165, 1.54) is 0 Å². The first kappa shape index (κ1) is 16.4. The van der Waals surface area contributed by atoms with Gasteiger partial charge in [-0.05, 0) is 20.2 Å². The number of hydrogen-bond donors (Lipinski definition) is 1. The van der Waals surface area contributed by atoms with Gasteiger partial charge in [-0.25, -0.2) is 0 Å². The number of nitrogens with one attached hydrogen (secondary N) is 1. The second kappa shape index (κ2) is 10.2. The molecular weight excluding hydrogens is 254 g/mol. The van der Waals surface area contributed by atoms with Gasteiger partial charge in [0.2, 0.25) is 0 Å². The molecule has 0 atom stereocenters. The number of nitrogens with zero attached hydrogens (tertiary/aromatic N) is 2. The lowest BCUT2D eigenvalue weighted by molar-refractivity contribution is 0.119. The van der Waals surface area contributed by atoms with Gasteiger partial charge in [0.05, 0.1) is 13.2 Å². The highest BCUT2D eigenvalue weighted by Gasteiger charge is 2.02. The molecule has 1 N–H and O–H groups in total. The van der Waals surface area contributed by atoms with E-state index in [4.69, 9.17) is 14.7 Å². The second-order valence-electron chi connectivity index (χ2n) is 4.65. The highest BCUT2D eigenvalue weighted by molar-refractivity contribution is 5.33. The van der Waals surface area contributed by atoms with Crippen LogP contribution in [0.2, 0.25) is 0 Å². The van der Waals surface area contributed by atoms with Gasteiger partial charge in [0, 0.05) is 25.2 Å². The molecule has 0 aliphatic heterocycles. The average molecular weight is 277 g/mol. The molecule has 0 saturated heterocycles. The van der Waals surface area contributed by atoms with Gasteiger partial charge < -0.3 is 19.7 Å². The van der Waals surface area contributed by atoms with Crippen LogP contribution >= 0.6 is 0 Å². The van der Waals surface area contributed by atoms with Gasteiger partial charge in [-0.3, -0.25) is 0 Å². The molecule has 1 aromatic rings. The van der Waals surface area contributed by atoms with E-state index >= 15 is 0 Å². The smallest absolute Gasteiger partial charge is 0.174 e. The first-order chi connectivity index (χ1) is 9.74. The van der Waals surface area contributed by atoms with E-state index in [1.54, 1.807) is 0 Å². The topological polar surface area (TPSA) is 57.5 Å². The van der Waals surface area contributed by atoms with Crippen LogP contribution in [0.25, 0.3) is 0 Å². The summed E-state index contributed by atoms with van der Waals surface area (Å²) in [6.45, 7) is 3.94. The molecule has 0 bridgehead atoms. The quantitative estimate of drug-likeness (QED) is 0.652. The molecule has 0 aliphatic rings. The Morgan fingerprint density at radius 3 is 2.80 bits per heavy atom. The summed E-state index contributed by atoms with van der Waals surface area (Å²) in [6, 6.07) is 9.71. The lowest BCUT2D eigenvalue weighted by Gasteiger charge is -2.11. The van der Waals surface area contributed by atoms with Gasteiger partial charge >= 0.3 is 0 Å². The second-order valence-corrected chi connectivity index (χ2v) is 4.65. The van der Waals surface area contributed by atoms with Crippen molar-refractivity contribution in [1.29, 1.82) is 5.26 Å². The minimum atomic E-state index is 0.0741. The van der Waals surface area contributed by atoms with E-state index in [9.17, 15) is 0 Å². The van der Waals surface area contributed by atoms with E-state index in [1.807, 2.05) is 44.4 Å². The number of hydrogen-bond acceptors (Lipinski definition) is 5. The molecular formula is C15H23N3O2. The Morgan fingerprint density at radius 2 is 2.05 bits per heavy atom. The summed E-state index contributed by atoms with van der Waals surface area (Å²) in [5.74, 6) is 0.759. The van der Waals surface area contributed by atoms with Gasteiger partial charge in [0.25, 0.3) is 0 Å². The van der Waals surface area contributed by atoms with Crippen molar-refractivity contribution < 1.29 is 9.47 Å². The zero-order valence-electron chi connectivity index (χ0n) is 12.3. The summed E-state index contributed by atoms with van der Waals surface area (Å²) in [4.78, 5) is 2.09. The number of nitriles is 1. The van der Waals surface area contributed by atoms with Crippen LogP contribution in [-0.4, -0.2) is 51.9 Å². The molecule has 0 saturated carbocycles. The highest BCUT2D eigenvalue weighted by Crippen LogP contribution is 2.17. The fraction of sp³-hybridized carbons (Fsp3) is 0.533. The predicted molar refractivity (Wildman–Crippen MR) is 78.6 cm³/mol. The molecule has 0 amide bonds. The van der Waals surface area contributed by atoms with Crippen LogP contribution in [0.1, 0.15) is 5.56 Å². The van der Waals surface area contributed by atoms with E-state index < -0.39 is 0 Å². The molecule has 0 fully saturated rings. The monoisotopic (exact) mass is 277 g/mol. The third kappa shape index (κ3) is 7.10. The van der Waals surface area contributed by atoms with Crippen molar-refractivity contribution in [2.45, 2.75) is 6.54 Å². The third-order valence-electron chi connectivity index (χ3n) is 2.69. The highest BCUT2D eigenvalue weighted by atomic mass is 16.5. The third-order valence-corrected chi connectivity index (χ3v) is 2.69. The van der Waals surface area contributed by atoms with Crippen LogP contribution < -0.4 is 10.1 Å². The van der Waals surface area contributed by atoms with Crippen molar-refractivity contribution in [3.8, 4) is 11.8 Å². The molecule has 110 valence electrons. The van der Waals surface area contributed by atoms with Crippen LogP contribution in [-0.2, 0) is 11.3 Å². The average Bonchev–Trinajstić information content (AvgIpc) is 2.44. The molecule has 0 aliphatic carbocycles. The molecule has 0 heterocycles. The van der Waals surface area contributed by atoms with Crippen LogP contribution in [0.15, 0.2) is 24.3 Å². The number of benzene rings is 1. The first-order valence-corrected chi connectivity index (χ1v) is 6.75. The fourth-order valence-electron chi connectivity index (χ4n) is 1.62. The van der Waals surface area contributed by atoms with Crippen molar-refractivity contribution in [2.75, 3.05) is 47.0 Å². The van der Waals surface area contributed by atoms with Gasteiger partial charge in [-0.2, -0.15) is 5.26 Å². The van der Waals surface area contributed by atoms with Crippen molar-refractivity contribution in [3.63, 3.8) is 0 Å². The maximum Gasteiger partial charge on any atom is 0.174 e. The number of para-hydroxylation sites is 1. The normalized spacial score (nSPS) is 10.5. The molecule has 20 heavy (non-hydrogen) atoms. The van der Waals surface area contributed by atoms with Crippen molar-refractivity contribution in [1.82, 2.24) is 10.2 Å². The van der Waals surface area contributed by atoms with Crippen molar-refractivity contribution in [2.24, 2.45) is 0 Å². The lowest BCUT2D eigenvalue weighted by atomic mass is 10.2. The minimum absolute atomic E-state index is 0.0741. The molecule has 1 aromatic carbocycles. The maximum absolute atomic E-state index is 8.54. The Morgan fingerprint density at radius 1 is 1.25 bits per heavy atom. The Hall–Kier alpha value is -1.61. The molecule has 0 unspecified atom stereocenters. The zero-order valence-corrected chi connectivity index (χ0v) is 12.3. The number of likely N-dealkylation sites (N-methyl/N-ethyl adjacent to an activating group) is 1. The maximum atomic E-state index is 8.54. The van der Waals surface area contributed by atoms with E-state index in [2.05, 4.69) is 10.2 Å². The minimum Gasteiger partial charge on any atom is -0.478 e. The lowest BCUT2D eigenvalue weighted by Crippen LogP contribution is -2.23. The summed E-state index contributed by atoms with van der Waals surface area (Å²) < 4.78 is 10.9. The van der Waals surface area contributed by atoms with E-state index in [0.29, 0.717) is 13.2 Å². The zero-order chi connectivity index (χ0) is 14.6. The van der Waals surface area contributed by atoms with Crippen LogP contribution in [0, 0.1) is 11.3 Å². The molecule has 5 nitrogen and oxygen atoms in total. The number of ether oxygens (including phenoxy) is 2. The van der Waals surface area contributed by atoms with Crippen LogP contribution in [0.4, 0.5) is 0 Å². The number of rotatable bonds is 10. The molecule has 1 rings (SSSR count). The molecule has 0 aromatic heterocycles. The molecule has 0 spiro atoms. The summed E-state index contributed by atoms with van der Waals surface area (Å²) in [6.07, 6.45) is 0. The summed E-state index contributed by atoms with van der Waals surface area (Å²) in [7, 11) is 4.06. The van der Waals surface area contributed by atoms with Gasteiger partial charge in [-0.1, -0.05) is 18.2 Å². The van der Waals surface area contributed by atoms with Crippen molar-refractivity contribution >= 4 is 0 Å². The van der Waals surface area contributed by atoms with Crippen molar-refractivity contribution in [3.05, 3.63) is 29.8 Å². The van der Waals surface area contributed by atoms with E-state index in [0.717, 1.165) is 31.0 Å². The predicted octanol–water partition coefficient (Wildman–Crippen LogP) is 1.26. The Balaban J connectivity index is 2.20. The Kier molecular flexibility index (Phi) is 8.40. The Labute approximate surface area is 121 Å². The molecule has 5 heteroatoms. The van der Waals surface area contributed by atoms with Gasteiger partial charge in [0.15, 0.2) is 6.61 Å².